The minimum absolute atomic E-state index is 0.0611. The van der Waals surface area contributed by atoms with Crippen LogP contribution in [0, 0.1) is 5.92 Å². The average Bonchev–Trinajstić information content (AvgIpc) is 3.60. The summed E-state index contributed by atoms with van der Waals surface area (Å²) >= 11 is 1.38. The number of hydrogen-bond acceptors (Lipinski definition) is 6. The predicted molar refractivity (Wildman–Crippen MR) is 106 cm³/mol. The number of thioether (sulfide) groups is 1. The predicted octanol–water partition coefficient (Wildman–Crippen LogP) is 2.71. The first kappa shape index (κ1) is 18.9. The van der Waals surface area contributed by atoms with Gasteiger partial charge in [0.1, 0.15) is 0 Å². The maximum Gasteiger partial charge on any atom is 0.233 e. The molecular weight excluding hydrogens is 376 g/mol. The van der Waals surface area contributed by atoms with Gasteiger partial charge in [0, 0.05) is 11.6 Å². The summed E-state index contributed by atoms with van der Waals surface area (Å²) in [5.74, 6) is 0.209. The molecule has 1 aromatic carbocycles. The number of hydrogen-bond donors (Lipinski definition) is 2. The number of amides is 2. The lowest BCUT2D eigenvalue weighted by Crippen LogP contribution is -2.33. The van der Waals surface area contributed by atoms with Gasteiger partial charge in [0.15, 0.2) is 0 Å². The molecule has 2 saturated carbocycles. The quantitative estimate of drug-likeness (QED) is 0.661. The van der Waals surface area contributed by atoms with Crippen molar-refractivity contribution >= 4 is 29.3 Å². The van der Waals surface area contributed by atoms with Crippen molar-refractivity contribution in [1.82, 2.24) is 25.5 Å². The van der Waals surface area contributed by atoms with Gasteiger partial charge in [-0.15, -0.1) is 5.10 Å². The number of aromatic nitrogens is 4. The number of tetrazole rings is 1. The second-order valence-electron chi connectivity index (χ2n) is 7.51. The Morgan fingerprint density at radius 1 is 1.14 bits per heavy atom. The Hall–Kier alpha value is -2.42. The highest BCUT2D eigenvalue weighted by molar-refractivity contribution is 8.00. The third-order valence-electron chi connectivity index (χ3n) is 4.99. The summed E-state index contributed by atoms with van der Waals surface area (Å²) in [4.78, 5) is 24.4. The Morgan fingerprint density at radius 2 is 1.86 bits per heavy atom. The number of anilines is 1. The number of nitrogens with one attached hydrogen (secondary N) is 2. The van der Waals surface area contributed by atoms with Gasteiger partial charge in [0.25, 0.3) is 0 Å². The van der Waals surface area contributed by atoms with Crippen LogP contribution in [0.2, 0.25) is 0 Å². The van der Waals surface area contributed by atoms with E-state index in [1.54, 1.807) is 0 Å². The molecule has 2 fully saturated rings. The highest BCUT2D eigenvalue weighted by atomic mass is 32.2. The number of rotatable bonds is 8. The molecule has 0 saturated heterocycles. The molecule has 2 atom stereocenters. The van der Waals surface area contributed by atoms with Crippen molar-refractivity contribution in [3.8, 4) is 0 Å². The van der Waals surface area contributed by atoms with Crippen molar-refractivity contribution < 1.29 is 9.59 Å². The van der Waals surface area contributed by atoms with Crippen molar-refractivity contribution in [3.63, 3.8) is 0 Å². The molecule has 1 heterocycles. The molecule has 2 aliphatic carbocycles. The topological polar surface area (TPSA) is 102 Å². The molecule has 0 aliphatic heterocycles. The summed E-state index contributed by atoms with van der Waals surface area (Å²) in [5, 5.41) is 18.1. The normalized spacial score (nSPS) is 18.4. The fourth-order valence-electron chi connectivity index (χ4n) is 2.88. The van der Waals surface area contributed by atoms with Gasteiger partial charge in [-0.1, -0.05) is 23.9 Å². The molecule has 0 bridgehead atoms. The van der Waals surface area contributed by atoms with Crippen LogP contribution in [0.1, 0.15) is 57.2 Å². The number of carbonyl (C=O) groups is 2. The molecular formula is C19H24N6O2S. The van der Waals surface area contributed by atoms with Gasteiger partial charge in [-0.05, 0) is 67.7 Å². The first-order valence-corrected chi connectivity index (χ1v) is 10.5. The first-order chi connectivity index (χ1) is 13.5. The average molecular weight is 401 g/mol. The number of benzene rings is 1. The lowest BCUT2D eigenvalue weighted by Gasteiger charge is -2.18. The van der Waals surface area contributed by atoms with Gasteiger partial charge >= 0.3 is 0 Å². The molecule has 8 nitrogen and oxygen atoms in total. The SMILES string of the molecule is CC(Sc1nnnn1C1CC1)C(=O)NC(C)c1ccc(NC(=O)C2CC2)cc1. The van der Waals surface area contributed by atoms with E-state index in [4.69, 9.17) is 0 Å². The molecule has 28 heavy (non-hydrogen) atoms. The summed E-state index contributed by atoms with van der Waals surface area (Å²) in [6, 6.07) is 7.85. The number of carbonyl (C=O) groups excluding carboxylic acids is 2. The van der Waals surface area contributed by atoms with E-state index in [1.807, 2.05) is 42.8 Å². The summed E-state index contributed by atoms with van der Waals surface area (Å²) in [6.45, 7) is 3.80. The summed E-state index contributed by atoms with van der Waals surface area (Å²) in [6.07, 6.45) is 4.15. The van der Waals surface area contributed by atoms with Gasteiger partial charge in [-0.3, -0.25) is 9.59 Å². The maximum atomic E-state index is 12.6. The molecule has 0 radical (unpaired) electrons. The van der Waals surface area contributed by atoms with Crippen LogP contribution in [0.25, 0.3) is 0 Å². The molecule has 1 aromatic heterocycles. The molecule has 2 amide bonds. The Morgan fingerprint density at radius 3 is 2.50 bits per heavy atom. The van der Waals surface area contributed by atoms with E-state index in [1.165, 1.54) is 11.8 Å². The molecule has 148 valence electrons. The van der Waals surface area contributed by atoms with Gasteiger partial charge in [-0.2, -0.15) is 0 Å². The zero-order valence-corrected chi connectivity index (χ0v) is 16.8. The van der Waals surface area contributed by atoms with E-state index >= 15 is 0 Å². The van der Waals surface area contributed by atoms with Crippen molar-refractivity contribution in [2.24, 2.45) is 5.92 Å². The lowest BCUT2D eigenvalue weighted by molar-refractivity contribution is -0.121. The molecule has 0 spiro atoms. The smallest absolute Gasteiger partial charge is 0.233 e. The molecule has 2 aliphatic rings. The maximum absolute atomic E-state index is 12.6. The highest BCUT2D eigenvalue weighted by Crippen LogP contribution is 2.37. The second kappa shape index (κ2) is 7.90. The van der Waals surface area contributed by atoms with E-state index in [0.717, 1.165) is 36.9 Å². The Bertz CT molecular complexity index is 860. The third kappa shape index (κ3) is 4.52. The molecule has 2 aromatic rings. The minimum Gasteiger partial charge on any atom is -0.349 e. The Kier molecular flexibility index (Phi) is 5.34. The van der Waals surface area contributed by atoms with Gasteiger partial charge in [0.05, 0.1) is 17.3 Å². The number of nitrogens with zero attached hydrogens (tertiary/aromatic N) is 4. The fourth-order valence-corrected chi connectivity index (χ4v) is 3.75. The van der Waals surface area contributed by atoms with E-state index in [9.17, 15) is 9.59 Å². The van der Waals surface area contributed by atoms with Gasteiger partial charge < -0.3 is 10.6 Å². The van der Waals surface area contributed by atoms with Crippen LogP contribution in [0.3, 0.4) is 0 Å². The Labute approximate surface area is 167 Å². The van der Waals surface area contributed by atoms with Crippen LogP contribution in [0.4, 0.5) is 5.69 Å². The van der Waals surface area contributed by atoms with Crippen molar-refractivity contribution in [3.05, 3.63) is 29.8 Å². The standard InChI is InChI=1S/C19H24N6O2S/c1-11(13-5-7-15(8-6-13)21-18(27)14-3-4-14)20-17(26)12(2)28-19-22-23-24-25(19)16-9-10-16/h5-8,11-12,14,16H,3-4,9-10H2,1-2H3,(H,20,26)(H,21,27). The van der Waals surface area contributed by atoms with Crippen LogP contribution in [0.15, 0.2) is 29.4 Å². The third-order valence-corrected chi connectivity index (χ3v) is 6.04. The minimum atomic E-state index is -0.303. The van der Waals surface area contributed by atoms with Crippen LogP contribution in [0.5, 0.6) is 0 Å². The van der Waals surface area contributed by atoms with E-state index in [2.05, 4.69) is 26.2 Å². The van der Waals surface area contributed by atoms with Crippen LogP contribution in [-0.2, 0) is 9.59 Å². The lowest BCUT2D eigenvalue weighted by atomic mass is 10.1. The van der Waals surface area contributed by atoms with Crippen molar-refractivity contribution in [1.29, 1.82) is 0 Å². The summed E-state index contributed by atoms with van der Waals surface area (Å²) < 4.78 is 1.81. The van der Waals surface area contributed by atoms with Crippen molar-refractivity contribution in [2.45, 2.75) is 62.0 Å². The molecule has 4 rings (SSSR count). The van der Waals surface area contributed by atoms with E-state index < -0.39 is 0 Å². The van der Waals surface area contributed by atoms with E-state index in [0.29, 0.717) is 11.2 Å². The zero-order valence-electron chi connectivity index (χ0n) is 16.0. The molecule has 9 heteroatoms. The fraction of sp³-hybridized carbons (Fsp3) is 0.526. The first-order valence-electron chi connectivity index (χ1n) is 9.67. The zero-order chi connectivity index (χ0) is 19.7. The monoisotopic (exact) mass is 400 g/mol. The van der Waals surface area contributed by atoms with Crippen molar-refractivity contribution in [2.75, 3.05) is 5.32 Å². The van der Waals surface area contributed by atoms with Crippen LogP contribution >= 0.6 is 11.8 Å². The summed E-state index contributed by atoms with van der Waals surface area (Å²) in [5.41, 5.74) is 1.77. The molecule has 2 unspecified atom stereocenters. The van der Waals surface area contributed by atoms with E-state index in [-0.39, 0.29) is 29.0 Å². The second-order valence-corrected chi connectivity index (χ2v) is 8.82. The molecule has 2 N–H and O–H groups in total. The highest BCUT2D eigenvalue weighted by Gasteiger charge is 2.30. The summed E-state index contributed by atoms with van der Waals surface area (Å²) in [7, 11) is 0. The largest absolute Gasteiger partial charge is 0.349 e. The van der Waals surface area contributed by atoms with Gasteiger partial charge in [-0.25, -0.2) is 4.68 Å². The van der Waals surface area contributed by atoms with Crippen LogP contribution < -0.4 is 10.6 Å². The van der Waals surface area contributed by atoms with Gasteiger partial charge in [0.2, 0.25) is 17.0 Å². The Balaban J connectivity index is 1.30. The van der Waals surface area contributed by atoms with Crippen LogP contribution in [-0.4, -0.2) is 37.3 Å².